The lowest BCUT2D eigenvalue weighted by atomic mass is 9.78. The number of hydrogen-bond acceptors (Lipinski definition) is 2. The van der Waals surface area contributed by atoms with Crippen LogP contribution in [-0.2, 0) is 0 Å². The monoisotopic (exact) mass is 233 g/mol. The van der Waals surface area contributed by atoms with E-state index in [2.05, 4.69) is 31.3 Å². The van der Waals surface area contributed by atoms with E-state index in [1.807, 2.05) is 12.1 Å². The van der Waals surface area contributed by atoms with Gasteiger partial charge in [0.05, 0.1) is 7.11 Å². The molecule has 0 aliphatic heterocycles. The van der Waals surface area contributed by atoms with Gasteiger partial charge in [0.15, 0.2) is 0 Å². The van der Waals surface area contributed by atoms with Crippen molar-refractivity contribution in [1.29, 1.82) is 0 Å². The summed E-state index contributed by atoms with van der Waals surface area (Å²) in [6, 6.07) is 8.82. The molecule has 0 heterocycles. The molecule has 0 spiro atoms. The summed E-state index contributed by atoms with van der Waals surface area (Å²) in [5.41, 5.74) is 1.18. The number of nitrogens with one attached hydrogen (secondary N) is 1. The molecular weight excluding hydrogens is 210 g/mol. The maximum atomic E-state index is 5.25. The van der Waals surface area contributed by atoms with Crippen molar-refractivity contribution in [2.24, 2.45) is 11.8 Å². The quantitative estimate of drug-likeness (QED) is 0.854. The molecule has 0 saturated heterocycles. The Morgan fingerprint density at radius 1 is 1.24 bits per heavy atom. The van der Waals surface area contributed by atoms with Gasteiger partial charge in [0.25, 0.3) is 0 Å². The molecule has 1 aromatic carbocycles. The van der Waals surface area contributed by atoms with Crippen LogP contribution >= 0.6 is 0 Å². The molecule has 94 valence electrons. The van der Waals surface area contributed by atoms with Crippen molar-refractivity contribution >= 4 is 5.69 Å². The Bertz CT molecular complexity index is 364. The van der Waals surface area contributed by atoms with Crippen molar-refractivity contribution in [3.8, 4) is 5.75 Å². The van der Waals surface area contributed by atoms with Gasteiger partial charge in [-0.15, -0.1) is 0 Å². The van der Waals surface area contributed by atoms with Crippen LogP contribution in [0.2, 0.25) is 0 Å². The van der Waals surface area contributed by atoms with E-state index >= 15 is 0 Å². The highest BCUT2D eigenvalue weighted by Gasteiger charge is 2.26. The summed E-state index contributed by atoms with van der Waals surface area (Å²) in [6.07, 6.45) is 3.99. The van der Waals surface area contributed by atoms with Crippen molar-refractivity contribution < 1.29 is 4.74 Å². The summed E-state index contributed by atoms with van der Waals surface area (Å²) in [5, 5.41) is 3.66. The Hall–Kier alpha value is -1.18. The average molecular weight is 233 g/mol. The summed E-state index contributed by atoms with van der Waals surface area (Å²) in [7, 11) is 1.71. The molecule has 1 aromatic rings. The third-order valence-corrected chi connectivity index (χ3v) is 4.13. The number of anilines is 1. The van der Waals surface area contributed by atoms with Gasteiger partial charge in [0.1, 0.15) is 5.75 Å². The second kappa shape index (κ2) is 5.44. The van der Waals surface area contributed by atoms with E-state index in [1.165, 1.54) is 24.9 Å². The first kappa shape index (κ1) is 12.3. The molecule has 1 aliphatic rings. The average Bonchev–Trinajstić information content (AvgIpc) is 2.35. The normalized spacial score (nSPS) is 28.8. The Labute approximate surface area is 104 Å². The Kier molecular flexibility index (Phi) is 3.93. The second-order valence-electron chi connectivity index (χ2n) is 5.25. The highest BCUT2D eigenvalue weighted by molar-refractivity contribution is 5.49. The van der Waals surface area contributed by atoms with Crippen LogP contribution < -0.4 is 10.1 Å². The van der Waals surface area contributed by atoms with Crippen LogP contribution in [0.5, 0.6) is 5.75 Å². The molecule has 0 bridgehead atoms. The van der Waals surface area contributed by atoms with Crippen molar-refractivity contribution in [2.45, 2.75) is 39.2 Å². The van der Waals surface area contributed by atoms with Crippen LogP contribution in [0, 0.1) is 11.8 Å². The maximum absolute atomic E-state index is 5.25. The first-order valence-corrected chi connectivity index (χ1v) is 6.61. The molecule has 1 aliphatic carbocycles. The van der Waals surface area contributed by atoms with E-state index in [1.54, 1.807) is 7.11 Å². The fraction of sp³-hybridized carbons (Fsp3) is 0.600. The van der Waals surface area contributed by atoms with Gasteiger partial charge in [-0.05, 0) is 30.4 Å². The van der Waals surface area contributed by atoms with Crippen molar-refractivity contribution in [1.82, 2.24) is 0 Å². The maximum Gasteiger partial charge on any atom is 0.120 e. The van der Waals surface area contributed by atoms with E-state index in [-0.39, 0.29) is 0 Å². The lowest BCUT2D eigenvalue weighted by Crippen LogP contribution is -2.34. The fourth-order valence-electron chi connectivity index (χ4n) is 2.71. The SMILES string of the molecule is COc1cccc(NC2CCCC(C)C2C)c1. The highest BCUT2D eigenvalue weighted by Crippen LogP contribution is 2.32. The zero-order chi connectivity index (χ0) is 12.3. The Balaban J connectivity index is 2.04. The largest absolute Gasteiger partial charge is 0.497 e. The van der Waals surface area contributed by atoms with Crippen LogP contribution in [0.4, 0.5) is 5.69 Å². The number of ether oxygens (including phenoxy) is 1. The van der Waals surface area contributed by atoms with Crippen molar-refractivity contribution in [2.75, 3.05) is 12.4 Å². The molecule has 1 saturated carbocycles. The molecule has 0 radical (unpaired) electrons. The number of hydrogen-bond donors (Lipinski definition) is 1. The first-order chi connectivity index (χ1) is 8.20. The molecule has 2 rings (SSSR count). The van der Waals surface area contributed by atoms with Crippen molar-refractivity contribution in [3.63, 3.8) is 0 Å². The molecule has 2 nitrogen and oxygen atoms in total. The number of benzene rings is 1. The van der Waals surface area contributed by atoms with E-state index < -0.39 is 0 Å². The zero-order valence-electron chi connectivity index (χ0n) is 11.1. The Morgan fingerprint density at radius 2 is 2.06 bits per heavy atom. The summed E-state index contributed by atoms with van der Waals surface area (Å²) >= 11 is 0. The molecular formula is C15H23NO. The molecule has 0 aromatic heterocycles. The zero-order valence-corrected chi connectivity index (χ0v) is 11.1. The standard InChI is InChI=1S/C15H23NO/c1-11-6-4-9-15(12(11)2)16-13-7-5-8-14(10-13)17-3/h5,7-8,10-12,15-16H,4,6,9H2,1-3H3. The van der Waals surface area contributed by atoms with Crippen LogP contribution in [0.25, 0.3) is 0 Å². The van der Waals surface area contributed by atoms with Gasteiger partial charge >= 0.3 is 0 Å². The van der Waals surface area contributed by atoms with Crippen LogP contribution in [0.1, 0.15) is 33.1 Å². The summed E-state index contributed by atoms with van der Waals surface area (Å²) in [4.78, 5) is 0. The minimum atomic E-state index is 0.603. The van der Waals surface area contributed by atoms with Gasteiger partial charge in [-0.1, -0.05) is 32.8 Å². The van der Waals surface area contributed by atoms with Crippen molar-refractivity contribution in [3.05, 3.63) is 24.3 Å². The lowest BCUT2D eigenvalue weighted by Gasteiger charge is -2.35. The van der Waals surface area contributed by atoms with E-state index in [0.29, 0.717) is 6.04 Å². The third-order valence-electron chi connectivity index (χ3n) is 4.13. The van der Waals surface area contributed by atoms with Crippen LogP contribution in [0.15, 0.2) is 24.3 Å². The predicted molar refractivity (Wildman–Crippen MR) is 72.6 cm³/mol. The van der Waals surface area contributed by atoms with Gasteiger partial charge in [-0.2, -0.15) is 0 Å². The fourth-order valence-corrected chi connectivity index (χ4v) is 2.71. The van der Waals surface area contributed by atoms with Gasteiger partial charge in [-0.25, -0.2) is 0 Å². The van der Waals surface area contributed by atoms with Crippen LogP contribution in [0.3, 0.4) is 0 Å². The van der Waals surface area contributed by atoms with Gasteiger partial charge in [-0.3, -0.25) is 0 Å². The molecule has 3 unspecified atom stereocenters. The van der Waals surface area contributed by atoms with Gasteiger partial charge < -0.3 is 10.1 Å². The van der Waals surface area contributed by atoms with Gasteiger partial charge in [0.2, 0.25) is 0 Å². The number of rotatable bonds is 3. The molecule has 17 heavy (non-hydrogen) atoms. The third kappa shape index (κ3) is 2.93. The first-order valence-electron chi connectivity index (χ1n) is 6.61. The molecule has 0 amide bonds. The summed E-state index contributed by atoms with van der Waals surface area (Å²) in [5.74, 6) is 2.49. The molecule has 2 heteroatoms. The summed E-state index contributed by atoms with van der Waals surface area (Å²) < 4.78 is 5.25. The van der Waals surface area contributed by atoms with Crippen LogP contribution in [-0.4, -0.2) is 13.2 Å². The smallest absolute Gasteiger partial charge is 0.120 e. The van der Waals surface area contributed by atoms with E-state index in [9.17, 15) is 0 Å². The minimum Gasteiger partial charge on any atom is -0.497 e. The lowest BCUT2D eigenvalue weighted by molar-refractivity contribution is 0.253. The topological polar surface area (TPSA) is 21.3 Å². The predicted octanol–water partition coefficient (Wildman–Crippen LogP) is 3.93. The van der Waals surface area contributed by atoms with E-state index in [4.69, 9.17) is 4.74 Å². The minimum absolute atomic E-state index is 0.603. The summed E-state index contributed by atoms with van der Waals surface area (Å²) in [6.45, 7) is 4.73. The number of methoxy groups -OCH3 is 1. The second-order valence-corrected chi connectivity index (χ2v) is 5.25. The molecule has 1 fully saturated rings. The molecule has 3 atom stereocenters. The Morgan fingerprint density at radius 3 is 2.82 bits per heavy atom. The van der Waals surface area contributed by atoms with Gasteiger partial charge in [0, 0.05) is 17.8 Å². The molecule has 1 N–H and O–H groups in total. The van der Waals surface area contributed by atoms with E-state index in [0.717, 1.165) is 17.6 Å². The highest BCUT2D eigenvalue weighted by atomic mass is 16.5.